The molecule has 1 atom stereocenters. The fourth-order valence-corrected chi connectivity index (χ4v) is 4.18. The van der Waals surface area contributed by atoms with Crippen LogP contribution in [0, 0.1) is 5.41 Å². The van der Waals surface area contributed by atoms with Gasteiger partial charge < -0.3 is 15.0 Å². The molecule has 2 aromatic rings. The first-order valence-corrected chi connectivity index (χ1v) is 10.3. The minimum absolute atomic E-state index is 0.0120. The van der Waals surface area contributed by atoms with Crippen molar-refractivity contribution >= 4 is 11.8 Å². The second-order valence-corrected chi connectivity index (χ2v) is 8.03. The van der Waals surface area contributed by atoms with E-state index in [0.717, 1.165) is 30.5 Å². The van der Waals surface area contributed by atoms with E-state index in [0.29, 0.717) is 32.7 Å². The molecule has 29 heavy (non-hydrogen) atoms. The van der Waals surface area contributed by atoms with Gasteiger partial charge in [0.15, 0.2) is 0 Å². The third-order valence-corrected chi connectivity index (χ3v) is 5.83. The zero-order chi connectivity index (χ0) is 20.3. The zero-order valence-corrected chi connectivity index (χ0v) is 16.8. The van der Waals surface area contributed by atoms with Crippen molar-refractivity contribution in [2.24, 2.45) is 5.41 Å². The Morgan fingerprint density at radius 2 is 2.03 bits per heavy atom. The van der Waals surface area contributed by atoms with Crippen molar-refractivity contribution in [3.05, 3.63) is 53.9 Å². The number of carbonyl (C=O) groups is 2. The third kappa shape index (κ3) is 4.19. The molecule has 2 amide bonds. The molecule has 0 spiro atoms. The van der Waals surface area contributed by atoms with Crippen LogP contribution in [-0.2, 0) is 33.8 Å². The van der Waals surface area contributed by atoms with Crippen LogP contribution in [0.2, 0.25) is 0 Å². The molecule has 0 bridgehead atoms. The lowest BCUT2D eigenvalue weighted by Gasteiger charge is -2.49. The average molecular weight is 396 g/mol. The Kier molecular flexibility index (Phi) is 5.67. The molecule has 0 saturated carbocycles. The first-order valence-electron chi connectivity index (χ1n) is 10.3. The molecular formula is C22H28N4O3. The van der Waals surface area contributed by atoms with E-state index in [1.807, 2.05) is 48.1 Å². The molecule has 7 nitrogen and oxygen atoms in total. The normalized spacial score (nSPS) is 20.3. The van der Waals surface area contributed by atoms with Gasteiger partial charge >= 0.3 is 0 Å². The Balaban J connectivity index is 1.43. The molecule has 0 aliphatic carbocycles. The van der Waals surface area contributed by atoms with Gasteiger partial charge in [-0.25, -0.2) is 0 Å². The van der Waals surface area contributed by atoms with E-state index >= 15 is 0 Å². The Morgan fingerprint density at radius 3 is 2.69 bits per heavy atom. The van der Waals surface area contributed by atoms with Gasteiger partial charge in [0.1, 0.15) is 6.10 Å². The second-order valence-electron chi connectivity index (χ2n) is 8.03. The van der Waals surface area contributed by atoms with Gasteiger partial charge in [0, 0.05) is 44.5 Å². The lowest BCUT2D eigenvalue weighted by Crippen LogP contribution is -2.66. The fourth-order valence-electron chi connectivity index (χ4n) is 4.18. The monoisotopic (exact) mass is 396 g/mol. The van der Waals surface area contributed by atoms with E-state index in [4.69, 9.17) is 4.74 Å². The summed E-state index contributed by atoms with van der Waals surface area (Å²) in [7, 11) is 0. The quantitative estimate of drug-likeness (QED) is 0.774. The second kappa shape index (κ2) is 8.37. The van der Waals surface area contributed by atoms with Crippen LogP contribution in [0.5, 0.6) is 0 Å². The predicted octanol–water partition coefficient (Wildman–Crippen LogP) is 1.77. The summed E-state index contributed by atoms with van der Waals surface area (Å²) in [6.45, 7) is 4.77. The molecule has 2 aliphatic heterocycles. The van der Waals surface area contributed by atoms with E-state index in [1.165, 1.54) is 0 Å². The minimum atomic E-state index is -0.601. The highest BCUT2D eigenvalue weighted by Gasteiger charge is 2.52. The summed E-state index contributed by atoms with van der Waals surface area (Å²) >= 11 is 0. The van der Waals surface area contributed by atoms with Crippen molar-refractivity contribution in [3.63, 3.8) is 0 Å². The number of amides is 2. The predicted molar refractivity (Wildman–Crippen MR) is 108 cm³/mol. The van der Waals surface area contributed by atoms with Crippen LogP contribution in [0.1, 0.15) is 30.9 Å². The first-order chi connectivity index (χ1) is 14.1. The number of aromatic nitrogens is 2. The van der Waals surface area contributed by atoms with E-state index < -0.39 is 5.41 Å². The molecule has 4 rings (SSSR count). The minimum Gasteiger partial charge on any atom is -0.368 e. The van der Waals surface area contributed by atoms with Gasteiger partial charge in [-0.1, -0.05) is 30.3 Å². The number of hydrogen-bond acceptors (Lipinski definition) is 4. The molecule has 1 N–H and O–H groups in total. The number of nitrogens with one attached hydrogen (secondary N) is 1. The van der Waals surface area contributed by atoms with E-state index in [2.05, 4.69) is 10.4 Å². The number of benzene rings is 1. The smallest absolute Gasteiger partial charge is 0.251 e. The van der Waals surface area contributed by atoms with Gasteiger partial charge in [0.05, 0.1) is 11.6 Å². The number of aryl methyl sites for hydroxylation is 1. The molecular weight excluding hydrogens is 368 g/mol. The summed E-state index contributed by atoms with van der Waals surface area (Å²) in [6.07, 6.45) is 5.69. The SMILES string of the molecule is CCn1cc(CNC(=O)C2(Cc3ccccc3)CN(C(=O)[C@H]3CCCO3)C2)cn1. The van der Waals surface area contributed by atoms with Gasteiger partial charge in [-0.3, -0.25) is 14.3 Å². The fraction of sp³-hybridized carbons (Fsp3) is 0.500. The van der Waals surface area contributed by atoms with Crippen LogP contribution < -0.4 is 5.32 Å². The molecule has 154 valence electrons. The van der Waals surface area contributed by atoms with Gasteiger partial charge in [0.25, 0.3) is 5.91 Å². The average Bonchev–Trinajstić information content (AvgIpc) is 3.40. The molecule has 2 saturated heterocycles. The Labute approximate surface area is 171 Å². The number of hydrogen-bond donors (Lipinski definition) is 1. The number of likely N-dealkylation sites (tertiary alicyclic amines) is 1. The molecule has 7 heteroatoms. The van der Waals surface area contributed by atoms with Gasteiger partial charge in [-0.05, 0) is 31.7 Å². The molecule has 1 aromatic carbocycles. The van der Waals surface area contributed by atoms with Gasteiger partial charge in [0.2, 0.25) is 5.91 Å². The maximum absolute atomic E-state index is 13.2. The zero-order valence-electron chi connectivity index (χ0n) is 16.8. The van der Waals surface area contributed by atoms with Crippen LogP contribution in [0.3, 0.4) is 0 Å². The van der Waals surface area contributed by atoms with Crippen molar-refractivity contribution in [3.8, 4) is 0 Å². The maximum atomic E-state index is 13.2. The highest BCUT2D eigenvalue weighted by atomic mass is 16.5. The molecule has 0 radical (unpaired) electrons. The van der Waals surface area contributed by atoms with Crippen LogP contribution in [0.15, 0.2) is 42.7 Å². The number of ether oxygens (including phenoxy) is 1. The van der Waals surface area contributed by atoms with E-state index in [9.17, 15) is 9.59 Å². The Bertz CT molecular complexity index is 852. The van der Waals surface area contributed by atoms with Crippen molar-refractivity contribution in [2.75, 3.05) is 19.7 Å². The standard InChI is InChI=1S/C22H28N4O3/c1-2-26-14-18(13-24-26)12-23-21(28)22(11-17-7-4-3-5-8-17)15-25(16-22)20(27)19-9-6-10-29-19/h3-5,7-8,13-14,19H,2,6,9-12,15-16H2,1H3,(H,23,28)/t19-/m1/s1. The summed E-state index contributed by atoms with van der Waals surface area (Å²) in [4.78, 5) is 27.6. The van der Waals surface area contributed by atoms with Crippen molar-refractivity contribution < 1.29 is 14.3 Å². The largest absolute Gasteiger partial charge is 0.368 e. The highest BCUT2D eigenvalue weighted by Crippen LogP contribution is 2.36. The summed E-state index contributed by atoms with van der Waals surface area (Å²) in [6, 6.07) is 9.99. The van der Waals surface area contributed by atoms with E-state index in [-0.39, 0.29) is 17.9 Å². The molecule has 3 heterocycles. The molecule has 2 aliphatic rings. The molecule has 1 aromatic heterocycles. The van der Waals surface area contributed by atoms with Gasteiger partial charge in [-0.15, -0.1) is 0 Å². The van der Waals surface area contributed by atoms with Crippen LogP contribution in [-0.4, -0.2) is 52.3 Å². The van der Waals surface area contributed by atoms with Crippen LogP contribution >= 0.6 is 0 Å². The Morgan fingerprint density at radius 1 is 1.24 bits per heavy atom. The van der Waals surface area contributed by atoms with Gasteiger partial charge in [-0.2, -0.15) is 5.10 Å². The summed E-state index contributed by atoms with van der Waals surface area (Å²) < 4.78 is 7.38. The number of rotatable bonds is 7. The van der Waals surface area contributed by atoms with Crippen LogP contribution in [0.25, 0.3) is 0 Å². The third-order valence-electron chi connectivity index (χ3n) is 5.83. The highest BCUT2D eigenvalue weighted by molar-refractivity contribution is 5.89. The first kappa shape index (κ1) is 19.6. The lowest BCUT2D eigenvalue weighted by atomic mass is 9.73. The summed E-state index contributed by atoms with van der Waals surface area (Å²) in [5.41, 5.74) is 1.48. The number of nitrogens with zero attached hydrogens (tertiary/aromatic N) is 3. The lowest BCUT2D eigenvalue weighted by molar-refractivity contribution is -0.160. The summed E-state index contributed by atoms with van der Waals surface area (Å²) in [5, 5.41) is 7.32. The van der Waals surface area contributed by atoms with E-state index in [1.54, 1.807) is 11.1 Å². The van der Waals surface area contributed by atoms with Crippen LogP contribution in [0.4, 0.5) is 0 Å². The van der Waals surface area contributed by atoms with Crippen molar-refractivity contribution in [2.45, 2.75) is 45.4 Å². The number of carbonyl (C=O) groups excluding carboxylic acids is 2. The Hall–Kier alpha value is -2.67. The van der Waals surface area contributed by atoms with Crippen molar-refractivity contribution in [1.82, 2.24) is 20.0 Å². The van der Waals surface area contributed by atoms with Crippen molar-refractivity contribution in [1.29, 1.82) is 0 Å². The maximum Gasteiger partial charge on any atom is 0.251 e. The molecule has 2 fully saturated rings. The molecule has 0 unspecified atom stereocenters. The topological polar surface area (TPSA) is 76.5 Å². The summed E-state index contributed by atoms with van der Waals surface area (Å²) in [5.74, 6) is 0.00482.